The Morgan fingerprint density at radius 2 is 1.71 bits per heavy atom. The smallest absolute Gasteiger partial charge is 0.261 e. The zero-order chi connectivity index (χ0) is 25.0. The second-order valence-corrected chi connectivity index (χ2v) is 8.85. The van der Waals surface area contributed by atoms with Crippen LogP contribution in [0.15, 0.2) is 71.7 Å². The van der Waals surface area contributed by atoms with Crippen LogP contribution in [-0.4, -0.2) is 30.9 Å². The number of rotatable bonds is 9. The van der Waals surface area contributed by atoms with Crippen LogP contribution >= 0.6 is 0 Å². The van der Waals surface area contributed by atoms with Crippen molar-refractivity contribution in [1.29, 1.82) is 0 Å². The first-order valence-electron chi connectivity index (χ1n) is 12.0. The van der Waals surface area contributed by atoms with Crippen molar-refractivity contribution in [3.8, 4) is 22.6 Å². The van der Waals surface area contributed by atoms with Crippen LogP contribution in [0.1, 0.15) is 43.4 Å². The second-order valence-electron chi connectivity index (χ2n) is 8.85. The van der Waals surface area contributed by atoms with E-state index in [-0.39, 0.29) is 11.9 Å². The topological polar surface area (TPSA) is 77.2 Å². The van der Waals surface area contributed by atoms with Crippen LogP contribution < -0.4 is 15.2 Å². The van der Waals surface area contributed by atoms with E-state index in [2.05, 4.69) is 36.2 Å². The van der Waals surface area contributed by atoms with Gasteiger partial charge in [-0.05, 0) is 59.4 Å². The highest BCUT2D eigenvalue weighted by Crippen LogP contribution is 2.42. The fraction of sp³-hybridized carbons (Fsp3) is 0.310. The quantitative estimate of drug-likeness (QED) is 0.460. The molecule has 0 fully saturated rings. The summed E-state index contributed by atoms with van der Waals surface area (Å²) in [6.45, 7) is 4.48. The van der Waals surface area contributed by atoms with Gasteiger partial charge in [-0.3, -0.25) is 9.69 Å². The van der Waals surface area contributed by atoms with E-state index in [1.54, 1.807) is 14.2 Å². The minimum absolute atomic E-state index is 0.149. The van der Waals surface area contributed by atoms with Crippen molar-refractivity contribution >= 4 is 11.9 Å². The third kappa shape index (κ3) is 4.74. The van der Waals surface area contributed by atoms with E-state index in [0.29, 0.717) is 18.8 Å². The van der Waals surface area contributed by atoms with E-state index in [0.717, 1.165) is 40.8 Å². The molecule has 0 radical (unpaired) electrons. The summed E-state index contributed by atoms with van der Waals surface area (Å²) in [5, 5.41) is 0. The van der Waals surface area contributed by atoms with Crippen LogP contribution in [-0.2, 0) is 23.4 Å². The van der Waals surface area contributed by atoms with E-state index >= 15 is 0 Å². The Bertz CT molecular complexity index is 1240. The van der Waals surface area contributed by atoms with Crippen LogP contribution in [0.3, 0.4) is 0 Å². The Hall–Kier alpha value is -3.80. The van der Waals surface area contributed by atoms with Crippen molar-refractivity contribution in [2.45, 2.75) is 45.3 Å². The van der Waals surface area contributed by atoms with E-state index in [1.807, 2.05) is 49.4 Å². The molecule has 1 aliphatic heterocycles. The van der Waals surface area contributed by atoms with Gasteiger partial charge in [0.2, 0.25) is 0 Å². The van der Waals surface area contributed by atoms with Gasteiger partial charge in [0.25, 0.3) is 5.91 Å². The molecule has 0 spiro atoms. The van der Waals surface area contributed by atoms with Crippen molar-refractivity contribution in [3.05, 3.63) is 83.4 Å². The molecule has 1 aliphatic rings. The van der Waals surface area contributed by atoms with Gasteiger partial charge in [-0.25, -0.2) is 4.99 Å². The first-order chi connectivity index (χ1) is 16.9. The first-order valence-corrected chi connectivity index (χ1v) is 12.0. The molecular formula is C29H33N3O3. The summed E-state index contributed by atoms with van der Waals surface area (Å²) in [6.07, 6.45) is 2.57. The summed E-state index contributed by atoms with van der Waals surface area (Å²) >= 11 is 0. The van der Waals surface area contributed by atoms with E-state index in [4.69, 9.17) is 15.2 Å². The van der Waals surface area contributed by atoms with Gasteiger partial charge in [0.15, 0.2) is 11.5 Å². The number of hydrogen-bond acceptors (Lipinski definition) is 5. The number of methoxy groups -OCH3 is 1. The summed E-state index contributed by atoms with van der Waals surface area (Å²) in [4.78, 5) is 19.5. The number of nitrogens with two attached hydrogens (primary N) is 1. The monoisotopic (exact) mass is 471 g/mol. The molecule has 0 saturated heterocycles. The highest BCUT2D eigenvalue weighted by molar-refractivity contribution is 6.07. The second kappa shape index (κ2) is 10.2. The summed E-state index contributed by atoms with van der Waals surface area (Å²) in [5.41, 5.74) is 10.1. The van der Waals surface area contributed by atoms with Crippen molar-refractivity contribution in [2.75, 3.05) is 14.2 Å². The van der Waals surface area contributed by atoms with Gasteiger partial charge in [-0.1, -0.05) is 62.7 Å². The molecule has 4 rings (SSSR count). The normalized spacial score (nSPS) is 17.4. The lowest BCUT2D eigenvalue weighted by Crippen LogP contribution is -2.40. The third-order valence-electron chi connectivity index (χ3n) is 6.60. The van der Waals surface area contributed by atoms with Gasteiger partial charge >= 0.3 is 0 Å². The lowest BCUT2D eigenvalue weighted by atomic mass is 9.84. The molecule has 0 unspecified atom stereocenters. The van der Waals surface area contributed by atoms with E-state index in [1.165, 1.54) is 10.5 Å². The molecule has 1 heterocycles. The summed E-state index contributed by atoms with van der Waals surface area (Å²) < 4.78 is 11.5. The minimum atomic E-state index is -1.12. The third-order valence-corrected chi connectivity index (χ3v) is 6.60. The molecular weight excluding hydrogens is 438 g/mol. The fourth-order valence-corrected chi connectivity index (χ4v) is 4.53. The first kappa shape index (κ1) is 24.3. The molecule has 1 amide bonds. The Kier molecular flexibility index (Phi) is 7.10. The predicted octanol–water partition coefficient (Wildman–Crippen LogP) is 5.29. The number of aliphatic imine (C=N–C) groups is 1. The average Bonchev–Trinajstić information content (AvgIpc) is 3.12. The highest BCUT2D eigenvalue weighted by Gasteiger charge is 2.48. The number of benzene rings is 3. The average molecular weight is 472 g/mol. The van der Waals surface area contributed by atoms with Crippen molar-refractivity contribution in [1.82, 2.24) is 4.90 Å². The molecule has 0 bridgehead atoms. The van der Waals surface area contributed by atoms with Crippen molar-refractivity contribution in [3.63, 3.8) is 0 Å². The maximum Gasteiger partial charge on any atom is 0.261 e. The zero-order valence-corrected chi connectivity index (χ0v) is 20.9. The molecule has 3 aromatic carbocycles. The number of amides is 1. The van der Waals surface area contributed by atoms with Crippen LogP contribution in [0.25, 0.3) is 11.1 Å². The molecule has 2 N–H and O–H groups in total. The molecule has 35 heavy (non-hydrogen) atoms. The number of ether oxygens (including phenoxy) is 2. The summed E-state index contributed by atoms with van der Waals surface area (Å²) in [5.74, 6) is 1.48. The minimum Gasteiger partial charge on any atom is -0.497 e. The molecule has 0 aromatic heterocycles. The van der Waals surface area contributed by atoms with E-state index < -0.39 is 5.54 Å². The molecule has 182 valence electrons. The lowest BCUT2D eigenvalue weighted by Gasteiger charge is -2.27. The SMILES string of the molecule is CCCc1cccc(-c2ccc(OCc3ccc(OC)cc3)c([C@@]3(CC)N=C(N)N(C)C3=O)c2)c1. The number of aryl methyl sites for hydroxylation is 1. The number of likely N-dealkylation sites (N-methyl/N-ethyl adjacent to an activating group) is 1. The van der Waals surface area contributed by atoms with Crippen LogP contribution in [0.4, 0.5) is 0 Å². The number of hydrogen-bond donors (Lipinski definition) is 1. The Morgan fingerprint density at radius 3 is 2.34 bits per heavy atom. The predicted molar refractivity (Wildman–Crippen MR) is 140 cm³/mol. The van der Waals surface area contributed by atoms with Gasteiger partial charge < -0.3 is 15.2 Å². The van der Waals surface area contributed by atoms with Gasteiger partial charge in [0, 0.05) is 12.6 Å². The molecule has 0 saturated carbocycles. The van der Waals surface area contributed by atoms with Gasteiger partial charge in [0.1, 0.15) is 18.1 Å². The fourth-order valence-electron chi connectivity index (χ4n) is 4.53. The molecule has 3 aromatic rings. The number of nitrogens with zero attached hydrogens (tertiary/aromatic N) is 2. The summed E-state index contributed by atoms with van der Waals surface area (Å²) in [6, 6.07) is 22.3. The number of carbonyl (C=O) groups is 1. The van der Waals surface area contributed by atoms with Crippen LogP contribution in [0, 0.1) is 0 Å². The van der Waals surface area contributed by atoms with Crippen LogP contribution in [0.5, 0.6) is 11.5 Å². The maximum absolute atomic E-state index is 13.4. The van der Waals surface area contributed by atoms with Gasteiger partial charge in [0.05, 0.1) is 7.11 Å². The highest BCUT2D eigenvalue weighted by atomic mass is 16.5. The standard InChI is InChI=1S/C29H33N3O3/c1-5-8-20-9-7-10-22(17-20)23-13-16-26(35-19-21-11-14-24(34-4)15-12-21)25(18-23)29(6-2)27(33)32(3)28(30)31-29/h7,9-18H,5-6,8,19H2,1-4H3,(H2,30,31)/t29-/m1/s1. The van der Waals surface area contributed by atoms with E-state index in [9.17, 15) is 4.79 Å². The van der Waals surface area contributed by atoms with Crippen LogP contribution in [0.2, 0.25) is 0 Å². The number of guanidine groups is 1. The Labute approximate surface area is 207 Å². The summed E-state index contributed by atoms with van der Waals surface area (Å²) in [7, 11) is 3.30. The largest absolute Gasteiger partial charge is 0.497 e. The maximum atomic E-state index is 13.4. The Balaban J connectivity index is 1.77. The van der Waals surface area contributed by atoms with Gasteiger partial charge in [-0.15, -0.1) is 0 Å². The molecule has 0 aliphatic carbocycles. The zero-order valence-electron chi connectivity index (χ0n) is 20.9. The lowest BCUT2D eigenvalue weighted by molar-refractivity contribution is -0.130. The van der Waals surface area contributed by atoms with Crippen molar-refractivity contribution < 1.29 is 14.3 Å². The Morgan fingerprint density at radius 1 is 0.971 bits per heavy atom. The number of carbonyl (C=O) groups excluding carboxylic acids is 1. The molecule has 6 nitrogen and oxygen atoms in total. The molecule has 1 atom stereocenters. The molecule has 6 heteroatoms. The van der Waals surface area contributed by atoms with Crippen molar-refractivity contribution in [2.24, 2.45) is 10.7 Å². The van der Waals surface area contributed by atoms with Gasteiger partial charge in [-0.2, -0.15) is 0 Å².